The summed E-state index contributed by atoms with van der Waals surface area (Å²) >= 11 is 0. The van der Waals surface area contributed by atoms with Crippen molar-refractivity contribution in [3.8, 4) is 0 Å². The summed E-state index contributed by atoms with van der Waals surface area (Å²) in [6.07, 6.45) is 5.76. The van der Waals surface area contributed by atoms with Crippen LogP contribution in [0.15, 0.2) is 22.8 Å². The number of carbonyl (C=O) groups is 4. The van der Waals surface area contributed by atoms with Gasteiger partial charge >= 0.3 is 0 Å². The standard InChI is InChI=1S/C35H48FN7O6/c1-19-18-43(15-14-42(19)3)35(47)30(38-27(44)13-16-48-4)20(2)24-11-12-26(25(36)17-24)37-33(45)29(28(21-5-6-21)22-7-8-22)34(46)39-32-31(23-9-10-23)40-49-41-32/h11-12,17,19-23,28-30H,5-10,13-16,18H2,1-4H3,(H,37,45)(H,38,44)(H,39,41,46)/t19-,20+,29+,30-/m1/s1. The fraction of sp³-hybridized carbons (Fsp3) is 0.657. The van der Waals surface area contributed by atoms with Crippen LogP contribution < -0.4 is 16.0 Å². The van der Waals surface area contributed by atoms with Gasteiger partial charge in [0.05, 0.1) is 12.3 Å². The van der Waals surface area contributed by atoms with Crippen molar-refractivity contribution in [2.24, 2.45) is 23.7 Å². The fourth-order valence-electron chi connectivity index (χ4n) is 7.07. The molecule has 266 valence electrons. The number of piperazine rings is 1. The van der Waals surface area contributed by atoms with Crippen LogP contribution in [0.2, 0.25) is 0 Å². The summed E-state index contributed by atoms with van der Waals surface area (Å²) < 4.78 is 25.8. The lowest BCUT2D eigenvalue weighted by molar-refractivity contribution is -0.139. The van der Waals surface area contributed by atoms with Gasteiger partial charge in [0, 0.05) is 51.0 Å². The monoisotopic (exact) mass is 681 g/mol. The zero-order valence-corrected chi connectivity index (χ0v) is 28.7. The van der Waals surface area contributed by atoms with Crippen LogP contribution in [0.25, 0.3) is 0 Å². The van der Waals surface area contributed by atoms with E-state index in [0.29, 0.717) is 30.9 Å². The molecule has 14 heteroatoms. The van der Waals surface area contributed by atoms with E-state index in [1.807, 2.05) is 14.0 Å². The van der Waals surface area contributed by atoms with Gasteiger partial charge in [-0.3, -0.25) is 19.2 Å². The summed E-state index contributed by atoms with van der Waals surface area (Å²) in [4.78, 5) is 58.2. The van der Waals surface area contributed by atoms with Crippen LogP contribution in [0.3, 0.4) is 0 Å². The largest absolute Gasteiger partial charge is 0.384 e. The first-order chi connectivity index (χ1) is 23.5. The Labute approximate surface area is 286 Å². The lowest BCUT2D eigenvalue weighted by Crippen LogP contribution is -2.58. The van der Waals surface area contributed by atoms with Crippen LogP contribution in [0.1, 0.15) is 81.9 Å². The van der Waals surface area contributed by atoms with Gasteiger partial charge < -0.3 is 30.5 Å². The third-order valence-electron chi connectivity index (χ3n) is 10.7. The first-order valence-corrected chi connectivity index (χ1v) is 17.6. The van der Waals surface area contributed by atoms with Crippen molar-refractivity contribution in [1.29, 1.82) is 0 Å². The van der Waals surface area contributed by atoms with Gasteiger partial charge in [0.25, 0.3) is 0 Å². The smallest absolute Gasteiger partial charge is 0.245 e. The molecule has 4 atom stereocenters. The summed E-state index contributed by atoms with van der Waals surface area (Å²) in [5.74, 6) is -3.18. The van der Waals surface area contributed by atoms with E-state index >= 15 is 4.39 Å². The number of halogens is 1. The highest BCUT2D eigenvalue weighted by atomic mass is 19.1. The number of methoxy groups -OCH3 is 1. The number of hydrogen-bond acceptors (Lipinski definition) is 9. The molecule has 1 aliphatic heterocycles. The number of hydrogen-bond donors (Lipinski definition) is 3. The summed E-state index contributed by atoms with van der Waals surface area (Å²) in [7, 11) is 3.51. The minimum Gasteiger partial charge on any atom is -0.384 e. The number of nitrogens with one attached hydrogen (secondary N) is 3. The molecular weight excluding hydrogens is 633 g/mol. The number of likely N-dealkylation sites (N-methyl/N-ethyl adjacent to an activating group) is 1. The molecule has 4 aliphatic rings. The third kappa shape index (κ3) is 8.29. The Balaban J connectivity index is 1.19. The Hall–Kier alpha value is -3.91. The predicted molar refractivity (Wildman–Crippen MR) is 178 cm³/mol. The highest BCUT2D eigenvalue weighted by molar-refractivity contribution is 6.11. The lowest BCUT2D eigenvalue weighted by atomic mass is 9.82. The molecule has 2 heterocycles. The van der Waals surface area contributed by atoms with Gasteiger partial charge in [-0.25, -0.2) is 9.02 Å². The first-order valence-electron chi connectivity index (χ1n) is 17.6. The van der Waals surface area contributed by atoms with Crippen molar-refractivity contribution in [1.82, 2.24) is 25.4 Å². The molecule has 0 unspecified atom stereocenters. The number of carbonyl (C=O) groups excluding carboxylic acids is 4. The molecule has 0 spiro atoms. The van der Waals surface area contributed by atoms with Crippen LogP contribution in [0.4, 0.5) is 15.9 Å². The summed E-state index contributed by atoms with van der Waals surface area (Å²) in [5, 5.41) is 16.2. The van der Waals surface area contributed by atoms with Gasteiger partial charge in [-0.1, -0.05) is 18.1 Å². The van der Waals surface area contributed by atoms with Crippen LogP contribution in [0, 0.1) is 29.5 Å². The number of aromatic nitrogens is 2. The highest BCUT2D eigenvalue weighted by Crippen LogP contribution is 2.53. The Morgan fingerprint density at radius 1 is 1.02 bits per heavy atom. The fourth-order valence-corrected chi connectivity index (χ4v) is 7.07. The molecule has 3 N–H and O–H groups in total. The Kier molecular flexibility index (Phi) is 10.6. The van der Waals surface area contributed by atoms with E-state index in [9.17, 15) is 19.2 Å². The Bertz CT molecular complexity index is 1530. The topological polar surface area (TPSA) is 159 Å². The second-order valence-corrected chi connectivity index (χ2v) is 14.4. The minimum absolute atomic E-state index is 0.0641. The molecule has 0 radical (unpaired) electrons. The van der Waals surface area contributed by atoms with Gasteiger partial charge in [0.2, 0.25) is 29.4 Å². The molecule has 1 aromatic carbocycles. The molecule has 4 fully saturated rings. The maximum atomic E-state index is 15.8. The van der Waals surface area contributed by atoms with Crippen molar-refractivity contribution in [2.45, 2.75) is 82.7 Å². The Morgan fingerprint density at radius 3 is 2.33 bits per heavy atom. The minimum atomic E-state index is -1.04. The normalized spacial score (nSPS) is 21.6. The van der Waals surface area contributed by atoms with E-state index < -0.39 is 35.5 Å². The average molecular weight is 682 g/mol. The first kappa shape index (κ1) is 34.9. The highest BCUT2D eigenvalue weighted by Gasteiger charge is 2.51. The van der Waals surface area contributed by atoms with E-state index in [1.54, 1.807) is 17.9 Å². The molecular formula is C35H48FN7O6. The van der Waals surface area contributed by atoms with Crippen LogP contribution >= 0.6 is 0 Å². The Morgan fingerprint density at radius 2 is 1.71 bits per heavy atom. The lowest BCUT2D eigenvalue weighted by Gasteiger charge is -2.40. The predicted octanol–water partition coefficient (Wildman–Crippen LogP) is 3.50. The van der Waals surface area contributed by atoms with Gasteiger partial charge in [0.1, 0.15) is 23.5 Å². The van der Waals surface area contributed by atoms with Crippen LogP contribution in [-0.4, -0.2) is 96.2 Å². The maximum Gasteiger partial charge on any atom is 0.245 e. The van der Waals surface area contributed by atoms with E-state index in [1.165, 1.54) is 19.2 Å². The third-order valence-corrected chi connectivity index (χ3v) is 10.7. The van der Waals surface area contributed by atoms with Gasteiger partial charge in [0.15, 0.2) is 0 Å². The quantitative estimate of drug-likeness (QED) is 0.239. The van der Waals surface area contributed by atoms with Crippen molar-refractivity contribution >= 4 is 35.1 Å². The molecule has 6 rings (SSSR count). The zero-order chi connectivity index (χ0) is 34.8. The van der Waals surface area contributed by atoms with E-state index in [4.69, 9.17) is 9.37 Å². The van der Waals surface area contributed by atoms with Crippen molar-refractivity contribution in [3.05, 3.63) is 35.3 Å². The second kappa shape index (κ2) is 14.9. The number of rotatable bonds is 15. The SMILES string of the molecule is COCCC(=O)N[C@@H](C(=O)N1CCN(C)[C@H](C)C1)[C@@H](C)c1ccc(NC(=O)[C@@H](C(=O)Nc2nonc2C2CC2)C(C2CC2)C2CC2)c(F)c1. The number of nitrogens with zero attached hydrogens (tertiary/aromatic N) is 4. The molecule has 0 bridgehead atoms. The van der Waals surface area contributed by atoms with E-state index in [0.717, 1.165) is 38.5 Å². The molecule has 13 nitrogen and oxygen atoms in total. The van der Waals surface area contributed by atoms with Crippen molar-refractivity contribution in [3.63, 3.8) is 0 Å². The molecule has 1 aromatic heterocycles. The molecule has 1 saturated heterocycles. The average Bonchev–Trinajstić information content (AvgIpc) is 3.94. The molecule has 49 heavy (non-hydrogen) atoms. The number of amides is 4. The van der Waals surface area contributed by atoms with Crippen LogP contribution in [-0.2, 0) is 23.9 Å². The number of anilines is 2. The van der Waals surface area contributed by atoms with Crippen LogP contribution in [0.5, 0.6) is 0 Å². The second-order valence-electron chi connectivity index (χ2n) is 14.4. The molecule has 3 saturated carbocycles. The van der Waals surface area contributed by atoms with E-state index in [2.05, 4.69) is 31.2 Å². The van der Waals surface area contributed by atoms with Gasteiger partial charge in [-0.15, -0.1) is 0 Å². The van der Waals surface area contributed by atoms with E-state index in [-0.39, 0.29) is 66.1 Å². The molecule has 3 aliphatic carbocycles. The number of benzene rings is 1. The van der Waals surface area contributed by atoms with Crippen molar-refractivity contribution < 1.29 is 32.9 Å². The van der Waals surface area contributed by atoms with Crippen molar-refractivity contribution in [2.75, 3.05) is 51.0 Å². The molecule has 2 aromatic rings. The molecule has 4 amide bonds. The summed E-state index contributed by atoms with van der Waals surface area (Å²) in [6, 6.07) is 3.60. The summed E-state index contributed by atoms with van der Waals surface area (Å²) in [5.41, 5.74) is 1.01. The zero-order valence-electron chi connectivity index (χ0n) is 28.7. The number of ether oxygens (including phenoxy) is 1. The summed E-state index contributed by atoms with van der Waals surface area (Å²) in [6.45, 7) is 5.75. The van der Waals surface area contributed by atoms with Gasteiger partial charge in [-0.05, 0) is 93.1 Å². The van der Waals surface area contributed by atoms with Gasteiger partial charge in [-0.2, -0.15) is 0 Å². The maximum absolute atomic E-state index is 15.8.